The Labute approximate surface area is 67.1 Å². The Morgan fingerprint density at radius 3 is 2.91 bits per heavy atom. The van der Waals surface area contributed by atoms with Crippen molar-refractivity contribution >= 4 is 5.91 Å². The third-order valence-corrected chi connectivity index (χ3v) is 1.73. The highest BCUT2D eigenvalue weighted by Gasteiger charge is 2.20. The summed E-state index contributed by atoms with van der Waals surface area (Å²) in [5.41, 5.74) is 0. The molecule has 1 rings (SSSR count). The fourth-order valence-corrected chi connectivity index (χ4v) is 0.996. The second kappa shape index (κ2) is 4.34. The predicted octanol–water partition coefficient (Wildman–Crippen LogP) is 0.692. The first-order chi connectivity index (χ1) is 5.29. The summed E-state index contributed by atoms with van der Waals surface area (Å²) in [5.74, 6) is 0.0627. The van der Waals surface area contributed by atoms with Gasteiger partial charge in [-0.2, -0.15) is 0 Å². The molecule has 0 aromatic carbocycles. The standard InChI is InChI=1S/C8H15NO2/c1-7(10)9-5-3-2-4-8-6-11-8/h8H,2-6H2,1H3,(H,9,10). The van der Waals surface area contributed by atoms with Gasteiger partial charge in [-0.15, -0.1) is 0 Å². The van der Waals surface area contributed by atoms with Gasteiger partial charge in [-0.3, -0.25) is 4.79 Å². The summed E-state index contributed by atoms with van der Waals surface area (Å²) in [5, 5.41) is 2.76. The van der Waals surface area contributed by atoms with E-state index in [1.165, 1.54) is 0 Å². The summed E-state index contributed by atoms with van der Waals surface area (Å²) in [4.78, 5) is 10.4. The number of amides is 1. The molecule has 0 saturated carbocycles. The topological polar surface area (TPSA) is 41.6 Å². The second-order valence-corrected chi connectivity index (χ2v) is 2.93. The molecule has 11 heavy (non-hydrogen) atoms. The summed E-state index contributed by atoms with van der Waals surface area (Å²) in [6.07, 6.45) is 3.91. The summed E-state index contributed by atoms with van der Waals surface area (Å²) in [6, 6.07) is 0. The van der Waals surface area contributed by atoms with Crippen molar-refractivity contribution < 1.29 is 9.53 Å². The van der Waals surface area contributed by atoms with E-state index in [1.807, 2.05) is 0 Å². The third kappa shape index (κ3) is 4.79. The summed E-state index contributed by atoms with van der Waals surface area (Å²) in [6.45, 7) is 3.30. The first kappa shape index (κ1) is 8.53. The average Bonchev–Trinajstić information content (AvgIpc) is 2.70. The van der Waals surface area contributed by atoms with Crippen molar-refractivity contribution in [3.8, 4) is 0 Å². The van der Waals surface area contributed by atoms with E-state index in [0.717, 1.165) is 32.4 Å². The van der Waals surface area contributed by atoms with Gasteiger partial charge in [0.05, 0.1) is 12.7 Å². The Bertz CT molecular complexity index is 132. The van der Waals surface area contributed by atoms with Crippen LogP contribution < -0.4 is 5.32 Å². The van der Waals surface area contributed by atoms with Crippen molar-refractivity contribution in [2.24, 2.45) is 0 Å². The van der Waals surface area contributed by atoms with E-state index in [9.17, 15) is 4.79 Å². The van der Waals surface area contributed by atoms with Crippen molar-refractivity contribution in [1.82, 2.24) is 5.32 Å². The van der Waals surface area contributed by atoms with E-state index in [0.29, 0.717) is 6.10 Å². The van der Waals surface area contributed by atoms with Crippen LogP contribution in [0, 0.1) is 0 Å². The Kier molecular flexibility index (Phi) is 3.36. The van der Waals surface area contributed by atoms with Crippen LogP contribution in [0.2, 0.25) is 0 Å². The van der Waals surface area contributed by atoms with Gasteiger partial charge in [0.25, 0.3) is 0 Å². The van der Waals surface area contributed by atoms with E-state index >= 15 is 0 Å². The normalized spacial score (nSPS) is 21.4. The number of epoxide rings is 1. The van der Waals surface area contributed by atoms with Gasteiger partial charge in [-0.05, 0) is 19.3 Å². The molecule has 1 heterocycles. The largest absolute Gasteiger partial charge is 0.373 e. The third-order valence-electron chi connectivity index (χ3n) is 1.73. The highest BCUT2D eigenvalue weighted by atomic mass is 16.6. The lowest BCUT2D eigenvalue weighted by Crippen LogP contribution is -2.20. The lowest BCUT2D eigenvalue weighted by molar-refractivity contribution is -0.118. The molecule has 0 aromatic rings. The number of unbranched alkanes of at least 4 members (excludes halogenated alkanes) is 1. The average molecular weight is 157 g/mol. The minimum Gasteiger partial charge on any atom is -0.373 e. The Morgan fingerprint density at radius 2 is 2.36 bits per heavy atom. The quantitative estimate of drug-likeness (QED) is 0.471. The Balaban J connectivity index is 1.76. The number of carbonyl (C=O) groups excluding carboxylic acids is 1. The van der Waals surface area contributed by atoms with Crippen molar-refractivity contribution in [2.75, 3.05) is 13.2 Å². The predicted molar refractivity (Wildman–Crippen MR) is 42.3 cm³/mol. The van der Waals surface area contributed by atoms with Crippen molar-refractivity contribution in [3.05, 3.63) is 0 Å². The monoisotopic (exact) mass is 157 g/mol. The molecule has 3 nitrogen and oxygen atoms in total. The summed E-state index contributed by atoms with van der Waals surface area (Å²) >= 11 is 0. The molecule has 0 spiro atoms. The highest BCUT2D eigenvalue weighted by molar-refractivity contribution is 5.72. The van der Waals surface area contributed by atoms with Gasteiger partial charge in [-0.25, -0.2) is 0 Å². The molecule has 1 aliphatic heterocycles. The van der Waals surface area contributed by atoms with Gasteiger partial charge in [0.2, 0.25) is 5.91 Å². The van der Waals surface area contributed by atoms with E-state index < -0.39 is 0 Å². The van der Waals surface area contributed by atoms with E-state index in [-0.39, 0.29) is 5.91 Å². The highest BCUT2D eigenvalue weighted by Crippen LogP contribution is 2.15. The number of carbonyl (C=O) groups is 1. The molecule has 3 heteroatoms. The zero-order chi connectivity index (χ0) is 8.10. The molecule has 0 aromatic heterocycles. The zero-order valence-electron chi connectivity index (χ0n) is 6.93. The van der Waals surface area contributed by atoms with Gasteiger partial charge in [-0.1, -0.05) is 0 Å². The molecule has 1 saturated heterocycles. The van der Waals surface area contributed by atoms with Crippen LogP contribution in [0.25, 0.3) is 0 Å². The molecule has 0 radical (unpaired) electrons. The van der Waals surface area contributed by atoms with Gasteiger partial charge in [0.1, 0.15) is 0 Å². The molecular formula is C8H15NO2. The SMILES string of the molecule is CC(=O)NCCCCC1CO1. The van der Waals surface area contributed by atoms with Crippen LogP contribution in [0.1, 0.15) is 26.2 Å². The fourth-order valence-electron chi connectivity index (χ4n) is 0.996. The van der Waals surface area contributed by atoms with Gasteiger partial charge in [0.15, 0.2) is 0 Å². The number of hydrogen-bond donors (Lipinski definition) is 1. The van der Waals surface area contributed by atoms with Crippen molar-refractivity contribution in [1.29, 1.82) is 0 Å². The minimum absolute atomic E-state index is 0.0627. The molecule has 1 unspecified atom stereocenters. The van der Waals surface area contributed by atoms with E-state index in [4.69, 9.17) is 4.74 Å². The smallest absolute Gasteiger partial charge is 0.216 e. The van der Waals surface area contributed by atoms with Crippen LogP contribution in [0.4, 0.5) is 0 Å². The van der Waals surface area contributed by atoms with Gasteiger partial charge >= 0.3 is 0 Å². The number of nitrogens with one attached hydrogen (secondary N) is 1. The van der Waals surface area contributed by atoms with Crippen LogP contribution in [0.15, 0.2) is 0 Å². The molecule has 0 bridgehead atoms. The van der Waals surface area contributed by atoms with E-state index in [2.05, 4.69) is 5.32 Å². The zero-order valence-corrected chi connectivity index (χ0v) is 6.93. The van der Waals surface area contributed by atoms with Crippen LogP contribution in [-0.2, 0) is 9.53 Å². The summed E-state index contributed by atoms with van der Waals surface area (Å²) in [7, 11) is 0. The number of rotatable bonds is 5. The first-order valence-electron chi connectivity index (χ1n) is 4.15. The molecule has 1 N–H and O–H groups in total. The minimum atomic E-state index is 0.0627. The second-order valence-electron chi connectivity index (χ2n) is 2.93. The van der Waals surface area contributed by atoms with Crippen molar-refractivity contribution in [3.63, 3.8) is 0 Å². The van der Waals surface area contributed by atoms with Gasteiger partial charge < -0.3 is 10.1 Å². The maximum Gasteiger partial charge on any atom is 0.216 e. The molecule has 1 fully saturated rings. The number of ether oxygens (including phenoxy) is 1. The Hall–Kier alpha value is -0.570. The van der Waals surface area contributed by atoms with Gasteiger partial charge in [0, 0.05) is 13.5 Å². The lowest BCUT2D eigenvalue weighted by atomic mass is 10.2. The first-order valence-corrected chi connectivity index (χ1v) is 4.15. The maximum absolute atomic E-state index is 10.4. The fraction of sp³-hybridized carbons (Fsp3) is 0.875. The number of hydrogen-bond acceptors (Lipinski definition) is 2. The molecule has 0 aliphatic carbocycles. The van der Waals surface area contributed by atoms with Crippen LogP contribution >= 0.6 is 0 Å². The maximum atomic E-state index is 10.4. The van der Waals surface area contributed by atoms with E-state index in [1.54, 1.807) is 6.92 Å². The molecule has 1 aliphatic rings. The van der Waals surface area contributed by atoms with Crippen molar-refractivity contribution in [2.45, 2.75) is 32.3 Å². The Morgan fingerprint density at radius 1 is 1.64 bits per heavy atom. The molecule has 1 atom stereocenters. The van der Waals surface area contributed by atoms with Crippen LogP contribution in [-0.4, -0.2) is 25.2 Å². The lowest BCUT2D eigenvalue weighted by Gasteiger charge is -1.99. The van der Waals surface area contributed by atoms with Crippen LogP contribution in [0.3, 0.4) is 0 Å². The van der Waals surface area contributed by atoms with Crippen LogP contribution in [0.5, 0.6) is 0 Å². The summed E-state index contributed by atoms with van der Waals surface area (Å²) < 4.78 is 5.05. The molecular weight excluding hydrogens is 142 g/mol. The molecule has 64 valence electrons. The molecule has 1 amide bonds.